The van der Waals surface area contributed by atoms with Crippen molar-refractivity contribution in [3.63, 3.8) is 0 Å². The maximum absolute atomic E-state index is 12.4. The van der Waals surface area contributed by atoms with Crippen molar-refractivity contribution in [1.82, 2.24) is 20.0 Å². The molecule has 1 amide bonds. The quantitative estimate of drug-likeness (QED) is 0.210. The fraction of sp³-hybridized carbons (Fsp3) is 0.913. The molecule has 9 heteroatoms. The second kappa shape index (κ2) is 15.2. The number of nitrogens with zero attached hydrogens (tertiary/aromatic N) is 4. The fourth-order valence-corrected chi connectivity index (χ4v) is 4.12. The van der Waals surface area contributed by atoms with Crippen LogP contribution >= 0.6 is 24.0 Å². The highest BCUT2D eigenvalue weighted by Crippen LogP contribution is 2.20. The monoisotopic (exact) mass is 567 g/mol. The Hall–Kier alpha value is -0.810. The van der Waals surface area contributed by atoms with Gasteiger partial charge in [0.25, 0.3) is 0 Å². The molecule has 188 valence electrons. The molecule has 0 aromatic carbocycles. The van der Waals surface area contributed by atoms with Gasteiger partial charge in [0.1, 0.15) is 5.60 Å². The van der Waals surface area contributed by atoms with Crippen LogP contribution in [0.15, 0.2) is 4.99 Å². The fourth-order valence-electron chi connectivity index (χ4n) is 4.12. The van der Waals surface area contributed by atoms with Crippen molar-refractivity contribution >= 4 is 36.0 Å². The summed E-state index contributed by atoms with van der Waals surface area (Å²) in [4.78, 5) is 23.6. The van der Waals surface area contributed by atoms with Crippen molar-refractivity contribution in [1.29, 1.82) is 0 Å². The number of hydrogen-bond acceptors (Lipinski definition) is 5. The Kier molecular flexibility index (Phi) is 13.8. The molecule has 0 atom stereocenters. The van der Waals surface area contributed by atoms with Crippen molar-refractivity contribution in [3.05, 3.63) is 0 Å². The zero-order valence-electron chi connectivity index (χ0n) is 20.9. The van der Waals surface area contributed by atoms with E-state index in [9.17, 15) is 4.79 Å². The molecule has 2 rings (SSSR count). The molecule has 32 heavy (non-hydrogen) atoms. The number of unbranched alkanes of at least 4 members (excludes halogenated alkanes) is 1. The van der Waals surface area contributed by atoms with Gasteiger partial charge in [-0.3, -0.25) is 9.89 Å². The maximum atomic E-state index is 12.4. The minimum Gasteiger partial charge on any atom is -0.444 e. The van der Waals surface area contributed by atoms with E-state index in [0.29, 0.717) is 12.5 Å². The first-order chi connectivity index (χ1) is 14.8. The number of nitrogens with one attached hydrogen (secondary N) is 1. The number of carbonyl (C=O) groups excluding carboxylic acids is 1. The zero-order chi connectivity index (χ0) is 22.7. The summed E-state index contributed by atoms with van der Waals surface area (Å²) in [6.45, 7) is 17.1. The third-order valence-electron chi connectivity index (χ3n) is 5.93. The molecule has 0 radical (unpaired) electrons. The lowest BCUT2D eigenvalue weighted by Crippen LogP contribution is -2.48. The molecule has 0 saturated carbocycles. The summed E-state index contributed by atoms with van der Waals surface area (Å²) < 4.78 is 11.0. The van der Waals surface area contributed by atoms with E-state index in [1.165, 1.54) is 6.42 Å². The van der Waals surface area contributed by atoms with E-state index in [0.717, 1.165) is 84.2 Å². The summed E-state index contributed by atoms with van der Waals surface area (Å²) in [6.07, 6.45) is 4.28. The second-order valence-electron chi connectivity index (χ2n) is 9.58. The van der Waals surface area contributed by atoms with Crippen LogP contribution in [0.4, 0.5) is 4.79 Å². The number of piperidine rings is 1. The summed E-state index contributed by atoms with van der Waals surface area (Å²) in [5, 5.41) is 3.54. The largest absolute Gasteiger partial charge is 0.444 e. The van der Waals surface area contributed by atoms with Gasteiger partial charge in [0.15, 0.2) is 5.96 Å². The van der Waals surface area contributed by atoms with Gasteiger partial charge in [-0.1, -0.05) is 0 Å². The first kappa shape index (κ1) is 29.2. The molecule has 2 aliphatic heterocycles. The maximum Gasteiger partial charge on any atom is 0.410 e. The van der Waals surface area contributed by atoms with E-state index in [-0.39, 0.29) is 30.1 Å². The van der Waals surface area contributed by atoms with Gasteiger partial charge >= 0.3 is 6.09 Å². The molecule has 8 nitrogen and oxygen atoms in total. The number of amides is 1. The molecule has 0 aromatic heterocycles. The number of aliphatic imine (C=N–C) groups is 1. The van der Waals surface area contributed by atoms with Crippen molar-refractivity contribution < 1.29 is 14.3 Å². The topological polar surface area (TPSA) is 69.6 Å². The molecule has 2 saturated heterocycles. The van der Waals surface area contributed by atoms with Gasteiger partial charge in [0.05, 0.1) is 13.2 Å². The zero-order valence-corrected chi connectivity index (χ0v) is 23.2. The number of hydrogen-bond donors (Lipinski definition) is 1. The number of morpholine rings is 1. The van der Waals surface area contributed by atoms with Crippen LogP contribution in [0.3, 0.4) is 0 Å². The number of rotatable bonds is 8. The smallest absolute Gasteiger partial charge is 0.410 e. The Morgan fingerprint density at radius 1 is 1.16 bits per heavy atom. The van der Waals surface area contributed by atoms with E-state index in [2.05, 4.69) is 20.1 Å². The van der Waals surface area contributed by atoms with E-state index in [1.807, 2.05) is 39.6 Å². The van der Waals surface area contributed by atoms with E-state index < -0.39 is 5.60 Å². The minimum absolute atomic E-state index is 0. The minimum atomic E-state index is -0.450. The molecular weight excluding hydrogens is 521 g/mol. The lowest BCUT2D eigenvalue weighted by Gasteiger charge is -2.36. The van der Waals surface area contributed by atoms with Gasteiger partial charge in [0, 0.05) is 52.9 Å². The summed E-state index contributed by atoms with van der Waals surface area (Å²) >= 11 is 0. The molecule has 0 bridgehead atoms. The third kappa shape index (κ3) is 10.9. The molecule has 2 fully saturated rings. The van der Waals surface area contributed by atoms with Gasteiger partial charge in [-0.25, -0.2) is 4.79 Å². The van der Waals surface area contributed by atoms with E-state index in [1.54, 1.807) is 0 Å². The Balaban J connectivity index is 0.00000512. The van der Waals surface area contributed by atoms with E-state index in [4.69, 9.17) is 9.47 Å². The van der Waals surface area contributed by atoms with Crippen LogP contribution in [-0.2, 0) is 9.47 Å². The Bertz CT molecular complexity index is 556. The Morgan fingerprint density at radius 3 is 2.38 bits per heavy atom. The SMILES string of the molecule is CCN(CC1CCN(C(=NC)NCCCCN2CCOCC2)CC1)C(=O)OC(C)(C)C.I. The van der Waals surface area contributed by atoms with Crippen LogP contribution in [0.1, 0.15) is 53.4 Å². The first-order valence-electron chi connectivity index (χ1n) is 12.1. The number of halogens is 1. The van der Waals surface area contributed by atoms with Gasteiger partial charge < -0.3 is 24.6 Å². The van der Waals surface area contributed by atoms with Gasteiger partial charge in [0.2, 0.25) is 0 Å². The van der Waals surface area contributed by atoms with Crippen molar-refractivity contribution in [2.24, 2.45) is 10.9 Å². The first-order valence-corrected chi connectivity index (χ1v) is 12.1. The molecule has 2 heterocycles. The average molecular weight is 568 g/mol. The van der Waals surface area contributed by atoms with Gasteiger partial charge in [-0.15, -0.1) is 24.0 Å². The number of ether oxygens (including phenoxy) is 2. The predicted molar refractivity (Wildman–Crippen MR) is 141 cm³/mol. The third-order valence-corrected chi connectivity index (χ3v) is 5.93. The molecule has 2 aliphatic rings. The van der Waals surface area contributed by atoms with E-state index >= 15 is 0 Å². The van der Waals surface area contributed by atoms with Crippen LogP contribution < -0.4 is 5.32 Å². The number of guanidine groups is 1. The summed E-state index contributed by atoms with van der Waals surface area (Å²) in [6, 6.07) is 0. The standard InChI is InChI=1S/C23H45N5O3.HI/c1-6-27(22(29)31-23(2,3)4)19-20-9-13-28(14-10-20)21(24-5)25-11-7-8-12-26-15-17-30-18-16-26;/h20H,6-19H2,1-5H3,(H,24,25);1H. The van der Waals surface area contributed by atoms with Crippen LogP contribution in [-0.4, -0.2) is 105 Å². The molecule has 0 spiro atoms. The molecule has 0 unspecified atom stereocenters. The highest BCUT2D eigenvalue weighted by atomic mass is 127. The lowest BCUT2D eigenvalue weighted by atomic mass is 9.96. The van der Waals surface area contributed by atoms with Crippen molar-refractivity contribution in [2.75, 3.05) is 72.6 Å². The summed E-state index contributed by atoms with van der Waals surface area (Å²) in [5.41, 5.74) is -0.450. The van der Waals surface area contributed by atoms with Crippen molar-refractivity contribution in [3.8, 4) is 0 Å². The van der Waals surface area contributed by atoms with Crippen molar-refractivity contribution in [2.45, 2.75) is 59.0 Å². The highest BCUT2D eigenvalue weighted by Gasteiger charge is 2.27. The molecule has 0 aromatic rings. The Morgan fingerprint density at radius 2 is 1.81 bits per heavy atom. The van der Waals surface area contributed by atoms with Crippen LogP contribution in [0.25, 0.3) is 0 Å². The Labute approximate surface area is 212 Å². The number of carbonyl (C=O) groups is 1. The van der Waals surface area contributed by atoms with Crippen LogP contribution in [0.5, 0.6) is 0 Å². The average Bonchev–Trinajstić information content (AvgIpc) is 2.74. The molecule has 0 aliphatic carbocycles. The predicted octanol–water partition coefficient (Wildman–Crippen LogP) is 3.26. The number of likely N-dealkylation sites (tertiary alicyclic amines) is 1. The summed E-state index contributed by atoms with van der Waals surface area (Å²) in [5.74, 6) is 1.51. The normalized spacial score (nSPS) is 18.8. The lowest BCUT2D eigenvalue weighted by molar-refractivity contribution is 0.0214. The summed E-state index contributed by atoms with van der Waals surface area (Å²) in [7, 11) is 1.86. The van der Waals surface area contributed by atoms with Crippen LogP contribution in [0.2, 0.25) is 0 Å². The van der Waals surface area contributed by atoms with Gasteiger partial charge in [-0.2, -0.15) is 0 Å². The molecular formula is C23H46IN5O3. The molecule has 1 N–H and O–H groups in total. The highest BCUT2D eigenvalue weighted by molar-refractivity contribution is 14.0. The van der Waals surface area contributed by atoms with Crippen LogP contribution in [0, 0.1) is 5.92 Å². The second-order valence-corrected chi connectivity index (χ2v) is 9.58. The van der Waals surface area contributed by atoms with Gasteiger partial charge in [-0.05, 0) is 65.8 Å².